The van der Waals surface area contributed by atoms with Crippen LogP contribution in [0.1, 0.15) is 23.2 Å². The van der Waals surface area contributed by atoms with Crippen molar-refractivity contribution in [2.75, 3.05) is 38.7 Å². The molecule has 1 aromatic heterocycles. The summed E-state index contributed by atoms with van der Waals surface area (Å²) < 4.78 is 16.3. The molecule has 1 unspecified atom stereocenters. The Balaban J connectivity index is 1.41. The van der Waals surface area contributed by atoms with Gasteiger partial charge in [-0.15, -0.1) is 0 Å². The van der Waals surface area contributed by atoms with E-state index in [1.807, 2.05) is 24.3 Å². The number of benzene rings is 1. The fourth-order valence-electron chi connectivity index (χ4n) is 2.81. The second-order valence-corrected chi connectivity index (χ2v) is 6.26. The van der Waals surface area contributed by atoms with Crippen LogP contribution in [0, 0.1) is 0 Å². The predicted molar refractivity (Wildman–Crippen MR) is 103 cm³/mol. The molecule has 0 saturated carbocycles. The highest BCUT2D eigenvalue weighted by Crippen LogP contribution is 2.17. The molecule has 3 rings (SSSR count). The molecule has 1 amide bonds. The molecule has 1 fully saturated rings. The number of amides is 1. The highest BCUT2D eigenvalue weighted by atomic mass is 16.5. The first-order chi connectivity index (χ1) is 13.2. The zero-order valence-corrected chi connectivity index (χ0v) is 15.4. The topological polar surface area (TPSA) is 81.7 Å². The molecule has 0 radical (unpaired) electrons. The van der Waals surface area contributed by atoms with Gasteiger partial charge in [-0.2, -0.15) is 0 Å². The van der Waals surface area contributed by atoms with Gasteiger partial charge in [-0.3, -0.25) is 9.78 Å². The Hall–Kier alpha value is -2.80. The van der Waals surface area contributed by atoms with E-state index in [9.17, 15) is 4.79 Å². The molecular weight excluding hydrogens is 346 g/mol. The molecule has 1 aliphatic heterocycles. The van der Waals surface area contributed by atoms with Crippen LogP contribution in [0.2, 0.25) is 0 Å². The predicted octanol–water partition coefficient (Wildman–Crippen LogP) is 2.49. The quantitative estimate of drug-likeness (QED) is 0.659. The molecule has 1 saturated heterocycles. The van der Waals surface area contributed by atoms with E-state index in [4.69, 9.17) is 14.2 Å². The van der Waals surface area contributed by atoms with Gasteiger partial charge in [0.2, 0.25) is 0 Å². The zero-order valence-electron chi connectivity index (χ0n) is 15.4. The monoisotopic (exact) mass is 371 g/mol. The summed E-state index contributed by atoms with van der Waals surface area (Å²) in [5, 5.41) is 6.11. The first-order valence-electron chi connectivity index (χ1n) is 9.10. The Labute approximate surface area is 159 Å². The van der Waals surface area contributed by atoms with Gasteiger partial charge in [0.25, 0.3) is 5.91 Å². The lowest BCUT2D eigenvalue weighted by Crippen LogP contribution is -2.31. The number of aromatic nitrogens is 1. The number of methoxy groups -OCH3 is 1. The molecule has 2 N–H and O–H groups in total. The lowest BCUT2D eigenvalue weighted by Gasteiger charge is -2.12. The van der Waals surface area contributed by atoms with Crippen molar-refractivity contribution >= 4 is 11.6 Å². The second kappa shape index (κ2) is 9.78. The highest BCUT2D eigenvalue weighted by Gasteiger charge is 2.16. The minimum Gasteiger partial charge on any atom is -0.497 e. The molecule has 1 atom stereocenters. The van der Waals surface area contributed by atoms with Gasteiger partial charge in [0.05, 0.1) is 24.5 Å². The molecule has 7 heteroatoms. The number of nitrogens with zero attached hydrogens (tertiary/aromatic N) is 1. The second-order valence-electron chi connectivity index (χ2n) is 6.26. The molecule has 7 nitrogen and oxygen atoms in total. The van der Waals surface area contributed by atoms with E-state index in [0.717, 1.165) is 36.6 Å². The summed E-state index contributed by atoms with van der Waals surface area (Å²) in [6.07, 6.45) is 5.42. The number of nitrogens with one attached hydrogen (secondary N) is 2. The van der Waals surface area contributed by atoms with E-state index in [2.05, 4.69) is 15.6 Å². The van der Waals surface area contributed by atoms with Gasteiger partial charge in [-0.1, -0.05) is 0 Å². The van der Waals surface area contributed by atoms with Gasteiger partial charge >= 0.3 is 0 Å². The number of hydrogen-bond acceptors (Lipinski definition) is 6. The van der Waals surface area contributed by atoms with Crippen LogP contribution >= 0.6 is 0 Å². The Kier molecular flexibility index (Phi) is 6.87. The smallest absolute Gasteiger partial charge is 0.253 e. The van der Waals surface area contributed by atoms with E-state index in [1.54, 1.807) is 25.6 Å². The number of ether oxygens (including phenoxy) is 3. The largest absolute Gasteiger partial charge is 0.497 e. The number of carbonyl (C=O) groups is 1. The van der Waals surface area contributed by atoms with Crippen molar-refractivity contribution < 1.29 is 19.0 Å². The van der Waals surface area contributed by atoms with Crippen molar-refractivity contribution in [1.82, 2.24) is 10.3 Å². The zero-order chi connectivity index (χ0) is 18.9. The average Bonchev–Trinajstić information content (AvgIpc) is 3.24. The van der Waals surface area contributed by atoms with Gasteiger partial charge < -0.3 is 24.8 Å². The van der Waals surface area contributed by atoms with Crippen molar-refractivity contribution in [2.24, 2.45) is 0 Å². The summed E-state index contributed by atoms with van der Waals surface area (Å²) >= 11 is 0. The minimum atomic E-state index is -0.142. The van der Waals surface area contributed by atoms with Crippen LogP contribution in [-0.4, -0.2) is 50.4 Å². The molecule has 0 bridgehead atoms. The SMILES string of the molecule is COc1ccc(OCCNc2cncc(C(=O)NCC3CCCO3)c2)cc1. The van der Waals surface area contributed by atoms with Crippen LogP contribution in [-0.2, 0) is 4.74 Å². The first kappa shape index (κ1) is 19.0. The molecule has 144 valence electrons. The van der Waals surface area contributed by atoms with Crippen molar-refractivity contribution in [3.63, 3.8) is 0 Å². The van der Waals surface area contributed by atoms with E-state index in [0.29, 0.717) is 25.3 Å². The molecular formula is C20H25N3O4. The molecule has 27 heavy (non-hydrogen) atoms. The fraction of sp³-hybridized carbons (Fsp3) is 0.400. The lowest BCUT2D eigenvalue weighted by atomic mass is 10.2. The molecule has 0 aliphatic carbocycles. The number of hydrogen-bond donors (Lipinski definition) is 2. The summed E-state index contributed by atoms with van der Waals surface area (Å²) in [6, 6.07) is 9.21. The summed E-state index contributed by atoms with van der Waals surface area (Å²) in [6.45, 7) is 2.39. The Morgan fingerprint density at radius 3 is 2.81 bits per heavy atom. The third-order valence-corrected chi connectivity index (χ3v) is 4.27. The van der Waals surface area contributed by atoms with Crippen molar-refractivity contribution in [3.05, 3.63) is 48.3 Å². The Morgan fingerprint density at radius 1 is 1.26 bits per heavy atom. The highest BCUT2D eigenvalue weighted by molar-refractivity contribution is 5.94. The van der Waals surface area contributed by atoms with Gasteiger partial charge in [0.1, 0.15) is 18.1 Å². The number of pyridine rings is 1. The maximum absolute atomic E-state index is 12.3. The lowest BCUT2D eigenvalue weighted by molar-refractivity contribution is 0.0857. The van der Waals surface area contributed by atoms with Crippen LogP contribution in [0.3, 0.4) is 0 Å². The molecule has 0 spiro atoms. The van der Waals surface area contributed by atoms with E-state index < -0.39 is 0 Å². The normalized spacial score (nSPS) is 16.0. The molecule has 1 aliphatic rings. The van der Waals surface area contributed by atoms with Gasteiger partial charge in [0.15, 0.2) is 0 Å². The third-order valence-electron chi connectivity index (χ3n) is 4.27. The van der Waals surface area contributed by atoms with Gasteiger partial charge in [-0.05, 0) is 43.2 Å². The number of anilines is 1. The molecule has 2 heterocycles. The van der Waals surface area contributed by atoms with Gasteiger partial charge in [-0.25, -0.2) is 0 Å². The fourth-order valence-corrected chi connectivity index (χ4v) is 2.81. The summed E-state index contributed by atoms with van der Waals surface area (Å²) in [5.74, 6) is 1.43. The molecule has 1 aromatic carbocycles. The third kappa shape index (κ3) is 5.86. The van der Waals surface area contributed by atoms with Gasteiger partial charge in [0, 0.05) is 32.1 Å². The minimum absolute atomic E-state index is 0.123. The standard InChI is InChI=1S/C20H25N3O4/c1-25-17-4-6-18(7-5-17)27-10-8-22-16-11-15(12-21-13-16)20(24)23-14-19-3-2-9-26-19/h4-7,11-13,19,22H,2-3,8-10,14H2,1H3,(H,23,24). The van der Waals surface area contributed by atoms with Crippen molar-refractivity contribution in [1.29, 1.82) is 0 Å². The summed E-state index contributed by atoms with van der Waals surface area (Å²) in [7, 11) is 1.63. The van der Waals surface area contributed by atoms with Crippen LogP contribution in [0.4, 0.5) is 5.69 Å². The van der Waals surface area contributed by atoms with E-state index >= 15 is 0 Å². The number of rotatable bonds is 9. The Bertz CT molecular complexity index is 730. The van der Waals surface area contributed by atoms with E-state index in [1.165, 1.54) is 0 Å². The number of carbonyl (C=O) groups excluding carboxylic acids is 1. The van der Waals surface area contributed by atoms with E-state index in [-0.39, 0.29) is 12.0 Å². The van der Waals surface area contributed by atoms with Crippen molar-refractivity contribution in [2.45, 2.75) is 18.9 Å². The molecule has 2 aromatic rings. The first-order valence-corrected chi connectivity index (χ1v) is 9.10. The summed E-state index contributed by atoms with van der Waals surface area (Å²) in [4.78, 5) is 16.4. The average molecular weight is 371 g/mol. The Morgan fingerprint density at radius 2 is 2.07 bits per heavy atom. The van der Waals surface area contributed by atoms with Crippen LogP contribution in [0.5, 0.6) is 11.5 Å². The maximum atomic E-state index is 12.3. The van der Waals surface area contributed by atoms with Crippen LogP contribution in [0.15, 0.2) is 42.7 Å². The van der Waals surface area contributed by atoms with Crippen LogP contribution in [0.25, 0.3) is 0 Å². The maximum Gasteiger partial charge on any atom is 0.253 e. The summed E-state index contributed by atoms with van der Waals surface area (Å²) in [5.41, 5.74) is 1.30. The van der Waals surface area contributed by atoms with Crippen molar-refractivity contribution in [3.8, 4) is 11.5 Å². The van der Waals surface area contributed by atoms with Crippen LogP contribution < -0.4 is 20.1 Å².